The van der Waals surface area contributed by atoms with Gasteiger partial charge < -0.3 is 14.5 Å². The summed E-state index contributed by atoms with van der Waals surface area (Å²) in [5.74, 6) is -0.606. The molecule has 0 bridgehead atoms. The summed E-state index contributed by atoms with van der Waals surface area (Å²) in [5, 5.41) is 2.68. The highest BCUT2D eigenvalue weighted by Gasteiger charge is 2.24. The number of aromatic nitrogens is 1. The molecule has 2 heterocycles. The van der Waals surface area contributed by atoms with Crippen molar-refractivity contribution in [1.82, 2.24) is 4.40 Å². The van der Waals surface area contributed by atoms with Gasteiger partial charge in [-0.3, -0.25) is 9.59 Å². The smallest absolute Gasteiger partial charge is 0.298 e. The Morgan fingerprint density at radius 3 is 2.45 bits per heavy atom. The number of nitrogens with zero attached hydrogens (tertiary/aromatic N) is 1. The molecule has 0 saturated carbocycles. The van der Waals surface area contributed by atoms with Crippen molar-refractivity contribution < 1.29 is 14.3 Å². The van der Waals surface area contributed by atoms with Crippen LogP contribution in [0.15, 0.2) is 79.0 Å². The number of benzene rings is 2. The standard InChI is InChI=1S/C24H20N2O3/c1-16-6-5-7-17(14-16)21-15-19-8-3-4-13-26(19)22(21)23(27)24(28)25-18-9-11-20(29-2)12-10-18/h3-15H,1-2H3,(H,25,28). The molecular formula is C24H20N2O3. The zero-order chi connectivity index (χ0) is 20.4. The lowest BCUT2D eigenvalue weighted by Crippen LogP contribution is -2.24. The van der Waals surface area contributed by atoms with Gasteiger partial charge in [0.05, 0.1) is 7.11 Å². The van der Waals surface area contributed by atoms with Gasteiger partial charge in [0.2, 0.25) is 0 Å². The zero-order valence-electron chi connectivity index (χ0n) is 16.2. The minimum Gasteiger partial charge on any atom is -0.497 e. The van der Waals surface area contributed by atoms with Gasteiger partial charge in [0.1, 0.15) is 11.4 Å². The van der Waals surface area contributed by atoms with Crippen LogP contribution >= 0.6 is 0 Å². The van der Waals surface area contributed by atoms with Crippen LogP contribution in [0.2, 0.25) is 0 Å². The number of hydrogen-bond acceptors (Lipinski definition) is 3. The van der Waals surface area contributed by atoms with Crippen molar-refractivity contribution in [2.45, 2.75) is 6.92 Å². The molecule has 144 valence electrons. The molecule has 1 amide bonds. The number of carbonyl (C=O) groups is 2. The number of hydrogen-bond donors (Lipinski definition) is 1. The first-order valence-electron chi connectivity index (χ1n) is 9.23. The van der Waals surface area contributed by atoms with Crippen molar-refractivity contribution in [3.8, 4) is 16.9 Å². The number of Topliss-reactive ketones (excluding diaryl/α,β-unsaturated/α-hetero) is 1. The third kappa shape index (κ3) is 3.62. The lowest BCUT2D eigenvalue weighted by atomic mass is 10.0. The Balaban J connectivity index is 1.74. The van der Waals surface area contributed by atoms with E-state index in [-0.39, 0.29) is 0 Å². The molecule has 5 nitrogen and oxygen atoms in total. The SMILES string of the molecule is COc1ccc(NC(=O)C(=O)c2c(-c3cccc(C)c3)cc3ccccn23)cc1. The van der Waals surface area contributed by atoms with E-state index in [2.05, 4.69) is 5.32 Å². The van der Waals surface area contributed by atoms with E-state index in [0.717, 1.165) is 22.2 Å². The number of carbonyl (C=O) groups excluding carboxylic acids is 2. The highest BCUT2D eigenvalue weighted by Crippen LogP contribution is 2.29. The second-order valence-corrected chi connectivity index (χ2v) is 6.78. The molecule has 4 aromatic rings. The maximum atomic E-state index is 13.2. The van der Waals surface area contributed by atoms with E-state index in [1.54, 1.807) is 42.0 Å². The summed E-state index contributed by atoms with van der Waals surface area (Å²) in [6.45, 7) is 2.00. The highest BCUT2D eigenvalue weighted by atomic mass is 16.5. The summed E-state index contributed by atoms with van der Waals surface area (Å²) in [4.78, 5) is 25.9. The number of methoxy groups -OCH3 is 1. The molecule has 0 unspecified atom stereocenters. The number of fused-ring (bicyclic) bond motifs is 1. The molecule has 5 heteroatoms. The first-order valence-corrected chi connectivity index (χ1v) is 9.23. The Bertz CT molecular complexity index is 1210. The van der Waals surface area contributed by atoms with E-state index in [1.165, 1.54) is 0 Å². The summed E-state index contributed by atoms with van der Waals surface area (Å²) in [7, 11) is 1.57. The molecule has 4 rings (SSSR count). The highest BCUT2D eigenvalue weighted by molar-refractivity contribution is 6.47. The minimum atomic E-state index is -0.687. The van der Waals surface area contributed by atoms with E-state index >= 15 is 0 Å². The average molecular weight is 384 g/mol. The predicted octanol–water partition coefficient (Wildman–Crippen LogP) is 4.74. The molecule has 0 fully saturated rings. The predicted molar refractivity (Wildman–Crippen MR) is 114 cm³/mol. The fourth-order valence-electron chi connectivity index (χ4n) is 3.36. The second-order valence-electron chi connectivity index (χ2n) is 6.78. The number of nitrogens with one attached hydrogen (secondary N) is 1. The Hall–Kier alpha value is -3.86. The maximum Gasteiger partial charge on any atom is 0.298 e. The molecule has 1 N–H and O–H groups in total. The van der Waals surface area contributed by atoms with E-state index in [0.29, 0.717) is 17.1 Å². The van der Waals surface area contributed by atoms with Gasteiger partial charge in [0.15, 0.2) is 0 Å². The van der Waals surface area contributed by atoms with Gasteiger partial charge in [-0.15, -0.1) is 0 Å². The van der Waals surface area contributed by atoms with Crippen LogP contribution in [0.3, 0.4) is 0 Å². The summed E-state index contributed by atoms with van der Waals surface area (Å²) in [6.07, 6.45) is 1.79. The van der Waals surface area contributed by atoms with Crippen LogP contribution < -0.4 is 10.1 Å². The van der Waals surface area contributed by atoms with Crippen molar-refractivity contribution in [2.75, 3.05) is 12.4 Å². The van der Waals surface area contributed by atoms with Crippen molar-refractivity contribution in [2.24, 2.45) is 0 Å². The summed E-state index contributed by atoms with van der Waals surface area (Å²) in [5.41, 5.74) is 4.44. The average Bonchev–Trinajstić information content (AvgIpc) is 3.13. The second kappa shape index (κ2) is 7.64. The molecule has 29 heavy (non-hydrogen) atoms. The van der Waals surface area contributed by atoms with Crippen LogP contribution in [0.5, 0.6) is 5.75 Å². The molecule has 0 atom stereocenters. The van der Waals surface area contributed by atoms with E-state index in [4.69, 9.17) is 4.74 Å². The number of ether oxygens (including phenoxy) is 1. The van der Waals surface area contributed by atoms with Crippen molar-refractivity contribution in [1.29, 1.82) is 0 Å². The Morgan fingerprint density at radius 1 is 0.931 bits per heavy atom. The van der Waals surface area contributed by atoms with Crippen molar-refractivity contribution >= 4 is 22.9 Å². The van der Waals surface area contributed by atoms with Crippen LogP contribution in [0.4, 0.5) is 5.69 Å². The summed E-state index contributed by atoms with van der Waals surface area (Å²) < 4.78 is 6.88. The normalized spacial score (nSPS) is 10.7. The molecule has 0 aliphatic rings. The number of anilines is 1. The van der Waals surface area contributed by atoms with Crippen LogP contribution in [-0.4, -0.2) is 23.2 Å². The van der Waals surface area contributed by atoms with Gasteiger partial charge in [-0.05, 0) is 55.0 Å². The third-order valence-electron chi connectivity index (χ3n) is 4.78. The summed E-state index contributed by atoms with van der Waals surface area (Å²) in [6, 6.07) is 22.3. The van der Waals surface area contributed by atoms with Crippen LogP contribution in [0.1, 0.15) is 16.1 Å². The quantitative estimate of drug-likeness (QED) is 0.399. The zero-order valence-corrected chi connectivity index (χ0v) is 16.2. The van der Waals surface area contributed by atoms with E-state index in [1.807, 2.05) is 55.5 Å². The molecule has 0 aliphatic carbocycles. The molecule has 0 saturated heterocycles. The third-order valence-corrected chi connectivity index (χ3v) is 4.78. The molecule has 2 aromatic carbocycles. The molecule has 2 aromatic heterocycles. The van der Waals surface area contributed by atoms with Crippen LogP contribution in [0, 0.1) is 6.92 Å². The number of aryl methyl sites for hydroxylation is 1. The van der Waals surface area contributed by atoms with Gasteiger partial charge in [-0.1, -0.05) is 35.9 Å². The molecule has 0 spiro atoms. The number of ketones is 1. The van der Waals surface area contributed by atoms with Gasteiger partial charge >= 0.3 is 0 Å². The lowest BCUT2D eigenvalue weighted by Gasteiger charge is -2.08. The maximum absolute atomic E-state index is 13.2. The largest absolute Gasteiger partial charge is 0.497 e. The minimum absolute atomic E-state index is 0.345. The first-order chi connectivity index (χ1) is 14.1. The summed E-state index contributed by atoms with van der Waals surface area (Å²) >= 11 is 0. The van der Waals surface area contributed by atoms with Gasteiger partial charge in [-0.25, -0.2) is 0 Å². The molecular weight excluding hydrogens is 364 g/mol. The van der Waals surface area contributed by atoms with Crippen LogP contribution in [-0.2, 0) is 4.79 Å². The first kappa shape index (κ1) is 18.5. The number of amides is 1. The van der Waals surface area contributed by atoms with Gasteiger partial charge in [0.25, 0.3) is 11.7 Å². The van der Waals surface area contributed by atoms with Gasteiger partial charge in [-0.2, -0.15) is 0 Å². The molecule has 0 aliphatic heterocycles. The monoisotopic (exact) mass is 384 g/mol. The van der Waals surface area contributed by atoms with Crippen molar-refractivity contribution in [3.63, 3.8) is 0 Å². The van der Waals surface area contributed by atoms with Crippen molar-refractivity contribution in [3.05, 3.63) is 90.3 Å². The molecule has 0 radical (unpaired) electrons. The lowest BCUT2D eigenvalue weighted by molar-refractivity contribution is -0.112. The van der Waals surface area contributed by atoms with Crippen LogP contribution in [0.25, 0.3) is 16.6 Å². The number of pyridine rings is 1. The number of rotatable bonds is 5. The van der Waals surface area contributed by atoms with E-state index < -0.39 is 11.7 Å². The fourth-order valence-corrected chi connectivity index (χ4v) is 3.36. The Labute approximate surface area is 168 Å². The van der Waals surface area contributed by atoms with E-state index in [9.17, 15) is 9.59 Å². The van der Waals surface area contributed by atoms with Gasteiger partial charge in [0, 0.05) is 23.0 Å². The Kier molecular flexibility index (Phi) is 4.87. The topological polar surface area (TPSA) is 59.8 Å². The fraction of sp³-hybridized carbons (Fsp3) is 0.0833. The Morgan fingerprint density at radius 2 is 1.72 bits per heavy atom.